The smallest absolute Gasteiger partial charge is 0.184 e. The molecule has 0 bridgehead atoms. The van der Waals surface area contributed by atoms with Gasteiger partial charge in [-0.2, -0.15) is 0 Å². The molecule has 6 atom stereocenters. The molecule has 6 heteroatoms. The molecule has 110 valence electrons. The lowest BCUT2D eigenvalue weighted by molar-refractivity contribution is -0.318. The van der Waals surface area contributed by atoms with Crippen LogP contribution in [0.15, 0.2) is 30.3 Å². The molecule has 0 aromatic heterocycles. The van der Waals surface area contributed by atoms with Crippen molar-refractivity contribution < 1.29 is 24.4 Å². The topological polar surface area (TPSA) is 68.2 Å². The molecule has 2 aliphatic rings. The predicted octanol–water partition coefficient (Wildman–Crippen LogP) is 0.910. The molecule has 5 nitrogen and oxygen atoms in total. The van der Waals surface area contributed by atoms with Gasteiger partial charge < -0.3 is 24.4 Å². The maximum absolute atomic E-state index is 10.2. The maximum Gasteiger partial charge on any atom is 0.184 e. The van der Waals surface area contributed by atoms with Gasteiger partial charge in [-0.05, 0) is 6.26 Å². The highest BCUT2D eigenvalue weighted by molar-refractivity contribution is 7.99. The van der Waals surface area contributed by atoms with Crippen LogP contribution in [0.25, 0.3) is 0 Å². The zero-order chi connectivity index (χ0) is 14.1. The second kappa shape index (κ2) is 6.01. The zero-order valence-corrected chi connectivity index (χ0v) is 11.9. The Hall–Kier alpha value is -0.630. The average Bonchev–Trinajstić information content (AvgIpc) is 2.51. The summed E-state index contributed by atoms with van der Waals surface area (Å²) in [6.07, 6.45) is -1.56. The van der Waals surface area contributed by atoms with Gasteiger partial charge in [0.2, 0.25) is 0 Å². The summed E-state index contributed by atoms with van der Waals surface area (Å²) in [6, 6.07) is 9.53. The minimum absolute atomic E-state index is 0.338. The van der Waals surface area contributed by atoms with Crippen molar-refractivity contribution in [2.45, 2.75) is 36.1 Å². The van der Waals surface area contributed by atoms with Gasteiger partial charge in [0.05, 0.1) is 6.61 Å². The number of aliphatic hydroxyl groups excluding tert-OH is 2. The highest BCUT2D eigenvalue weighted by Crippen LogP contribution is 2.35. The molecule has 2 heterocycles. The van der Waals surface area contributed by atoms with Crippen LogP contribution in [-0.2, 0) is 14.2 Å². The molecule has 1 aromatic carbocycles. The average molecular weight is 298 g/mol. The number of rotatable bonds is 2. The molecule has 1 aromatic rings. The molecule has 20 heavy (non-hydrogen) atoms. The van der Waals surface area contributed by atoms with Crippen LogP contribution < -0.4 is 0 Å². The molecule has 2 N–H and O–H groups in total. The van der Waals surface area contributed by atoms with Crippen molar-refractivity contribution in [1.29, 1.82) is 0 Å². The Kier molecular flexibility index (Phi) is 4.30. The van der Waals surface area contributed by atoms with E-state index in [1.54, 1.807) is 0 Å². The highest BCUT2D eigenvalue weighted by atomic mass is 32.2. The molecular formula is C14H18O5S. The molecule has 0 amide bonds. The summed E-state index contributed by atoms with van der Waals surface area (Å²) in [5.74, 6) is 0. The van der Waals surface area contributed by atoms with Crippen molar-refractivity contribution >= 4 is 11.8 Å². The van der Waals surface area contributed by atoms with Gasteiger partial charge in [-0.15, -0.1) is 11.8 Å². The van der Waals surface area contributed by atoms with Gasteiger partial charge >= 0.3 is 0 Å². The highest BCUT2D eigenvalue weighted by Gasteiger charge is 2.48. The van der Waals surface area contributed by atoms with Gasteiger partial charge in [-0.25, -0.2) is 0 Å². The molecule has 0 spiro atoms. The van der Waals surface area contributed by atoms with Gasteiger partial charge in [0, 0.05) is 5.56 Å². The summed E-state index contributed by atoms with van der Waals surface area (Å²) in [6.45, 7) is 0.338. The predicted molar refractivity (Wildman–Crippen MR) is 74.2 cm³/mol. The lowest BCUT2D eigenvalue weighted by atomic mass is 9.99. The SMILES string of the molecule is CSC1O[C@@H]2COC(c3ccccc3)O[C@@H]2[C@H](O)[C@H]1O. The third-order valence-corrected chi connectivity index (χ3v) is 4.49. The van der Waals surface area contributed by atoms with Crippen LogP contribution in [0, 0.1) is 0 Å². The molecule has 2 fully saturated rings. The lowest BCUT2D eigenvalue weighted by Gasteiger charge is -2.46. The summed E-state index contributed by atoms with van der Waals surface area (Å²) in [4.78, 5) is 0. The number of thioether (sulfide) groups is 1. The van der Waals surface area contributed by atoms with Crippen LogP contribution in [0.3, 0.4) is 0 Å². The van der Waals surface area contributed by atoms with Crippen LogP contribution in [0.4, 0.5) is 0 Å². The summed E-state index contributed by atoms with van der Waals surface area (Å²) < 4.78 is 17.2. The minimum atomic E-state index is -0.971. The second-order valence-electron chi connectivity index (χ2n) is 4.94. The van der Waals surface area contributed by atoms with Crippen LogP contribution in [0.2, 0.25) is 0 Å². The minimum Gasteiger partial charge on any atom is -0.387 e. The lowest BCUT2D eigenvalue weighted by Crippen LogP contribution is -2.60. The van der Waals surface area contributed by atoms with Gasteiger partial charge in [0.25, 0.3) is 0 Å². The molecule has 0 saturated carbocycles. The van der Waals surface area contributed by atoms with Crippen LogP contribution in [-0.4, -0.2) is 52.9 Å². The van der Waals surface area contributed by atoms with Crippen molar-refractivity contribution in [3.05, 3.63) is 35.9 Å². The normalized spacial score (nSPS) is 41.1. The fourth-order valence-corrected chi connectivity index (χ4v) is 3.25. The zero-order valence-electron chi connectivity index (χ0n) is 11.1. The largest absolute Gasteiger partial charge is 0.387 e. The molecule has 3 rings (SSSR count). The fraction of sp³-hybridized carbons (Fsp3) is 0.571. The summed E-state index contributed by atoms with van der Waals surface area (Å²) in [5, 5.41) is 20.2. The summed E-state index contributed by atoms with van der Waals surface area (Å²) in [5.41, 5.74) is 0.436. The van der Waals surface area contributed by atoms with Crippen molar-refractivity contribution in [3.8, 4) is 0 Å². The monoisotopic (exact) mass is 298 g/mol. The second-order valence-corrected chi connectivity index (χ2v) is 5.87. The van der Waals surface area contributed by atoms with E-state index in [1.165, 1.54) is 11.8 Å². The molecule has 0 aliphatic carbocycles. The van der Waals surface area contributed by atoms with E-state index in [0.29, 0.717) is 6.61 Å². The number of benzene rings is 1. The van der Waals surface area contributed by atoms with Crippen molar-refractivity contribution in [2.75, 3.05) is 12.9 Å². The van der Waals surface area contributed by atoms with Gasteiger partial charge in [0.1, 0.15) is 29.9 Å². The van der Waals surface area contributed by atoms with E-state index in [0.717, 1.165) is 5.56 Å². The van der Waals surface area contributed by atoms with Crippen molar-refractivity contribution in [3.63, 3.8) is 0 Å². The quantitative estimate of drug-likeness (QED) is 0.846. The van der Waals surface area contributed by atoms with E-state index in [-0.39, 0.29) is 6.10 Å². The number of aliphatic hydroxyl groups is 2. The third kappa shape index (κ3) is 2.59. The third-order valence-electron chi connectivity index (χ3n) is 3.64. The summed E-state index contributed by atoms with van der Waals surface area (Å²) in [7, 11) is 0. The number of ether oxygens (including phenoxy) is 3. The molecular weight excluding hydrogens is 280 g/mol. The maximum atomic E-state index is 10.2. The fourth-order valence-electron chi connectivity index (χ4n) is 2.55. The number of hydrogen-bond donors (Lipinski definition) is 2. The first-order valence-corrected chi connectivity index (χ1v) is 7.86. The Morgan fingerprint density at radius 2 is 1.85 bits per heavy atom. The van der Waals surface area contributed by atoms with Crippen molar-refractivity contribution in [2.24, 2.45) is 0 Å². The summed E-state index contributed by atoms with van der Waals surface area (Å²) >= 11 is 1.37. The standard InChI is InChI=1S/C14H18O5S/c1-20-14-11(16)10(15)12-9(18-14)7-17-13(19-12)8-5-3-2-4-6-8/h2-6,9-16H,7H2,1H3/t9-,10-,11-,12+,13?,14?/m1/s1. The number of hydrogen-bond acceptors (Lipinski definition) is 6. The first kappa shape index (κ1) is 14.3. The van der Waals surface area contributed by atoms with Gasteiger partial charge in [-0.3, -0.25) is 0 Å². The first-order valence-electron chi connectivity index (χ1n) is 6.57. The van der Waals surface area contributed by atoms with Crippen LogP contribution in [0.1, 0.15) is 11.9 Å². The van der Waals surface area contributed by atoms with Gasteiger partial charge in [0.15, 0.2) is 6.29 Å². The molecule has 2 saturated heterocycles. The van der Waals surface area contributed by atoms with Crippen molar-refractivity contribution in [1.82, 2.24) is 0 Å². The Balaban J connectivity index is 1.74. The van der Waals surface area contributed by atoms with E-state index in [9.17, 15) is 10.2 Å². The Labute approximate surface area is 121 Å². The number of fused-ring (bicyclic) bond motifs is 1. The van der Waals surface area contributed by atoms with Crippen LogP contribution >= 0.6 is 11.8 Å². The molecule has 2 unspecified atom stereocenters. The Bertz CT molecular complexity index is 440. The Morgan fingerprint density at radius 3 is 2.55 bits per heavy atom. The van der Waals surface area contributed by atoms with E-state index >= 15 is 0 Å². The van der Waals surface area contributed by atoms with Gasteiger partial charge in [-0.1, -0.05) is 30.3 Å². The first-order chi connectivity index (χ1) is 9.70. The van der Waals surface area contributed by atoms with Crippen LogP contribution in [0.5, 0.6) is 0 Å². The van der Waals surface area contributed by atoms with E-state index in [1.807, 2.05) is 36.6 Å². The molecule has 0 radical (unpaired) electrons. The Morgan fingerprint density at radius 1 is 1.10 bits per heavy atom. The van der Waals surface area contributed by atoms with E-state index in [4.69, 9.17) is 14.2 Å². The van der Waals surface area contributed by atoms with E-state index < -0.39 is 30.0 Å². The molecule has 2 aliphatic heterocycles. The van der Waals surface area contributed by atoms with E-state index in [2.05, 4.69) is 0 Å².